The van der Waals surface area contributed by atoms with Gasteiger partial charge in [-0.15, -0.1) is 0 Å². The average Bonchev–Trinajstić information content (AvgIpc) is 2.91. The Hall–Kier alpha value is -4.39. The van der Waals surface area contributed by atoms with Crippen LogP contribution in [0.1, 0.15) is 31.1 Å². The summed E-state index contributed by atoms with van der Waals surface area (Å²) in [6.07, 6.45) is 0.888. The summed E-state index contributed by atoms with van der Waals surface area (Å²) in [5.74, 6) is -0.962. The molecule has 1 aliphatic rings. The first-order valence-electron chi connectivity index (χ1n) is 10.8. The third-order valence-electron chi connectivity index (χ3n) is 5.06. The Kier molecular flexibility index (Phi) is 7.35. The van der Waals surface area contributed by atoms with Crippen molar-refractivity contribution in [1.29, 1.82) is 0 Å². The van der Waals surface area contributed by atoms with E-state index in [4.69, 9.17) is 14.2 Å². The molecule has 1 aliphatic heterocycles. The highest BCUT2D eigenvalue weighted by molar-refractivity contribution is 5.95. The minimum atomic E-state index is -0.629. The van der Waals surface area contributed by atoms with Crippen LogP contribution in [0.4, 0.5) is 0 Å². The van der Waals surface area contributed by atoms with E-state index in [1.807, 2.05) is 12.1 Å². The zero-order valence-corrected chi connectivity index (χ0v) is 18.3. The zero-order valence-electron chi connectivity index (χ0n) is 18.3. The van der Waals surface area contributed by atoms with Crippen LogP contribution < -0.4 is 0 Å². The van der Waals surface area contributed by atoms with Gasteiger partial charge in [-0.3, -0.25) is 4.79 Å². The number of benzene rings is 3. The Morgan fingerprint density at radius 3 is 1.79 bits per heavy atom. The van der Waals surface area contributed by atoms with Crippen LogP contribution in [0.5, 0.6) is 0 Å². The smallest absolute Gasteiger partial charge is 0.338 e. The number of carbonyl (C=O) groups excluding carboxylic acids is 3. The van der Waals surface area contributed by atoms with E-state index in [9.17, 15) is 14.4 Å². The molecule has 3 aromatic rings. The van der Waals surface area contributed by atoms with Gasteiger partial charge in [0.15, 0.2) is 18.5 Å². The van der Waals surface area contributed by atoms with Crippen molar-refractivity contribution in [2.45, 2.75) is 6.10 Å². The lowest BCUT2D eigenvalue weighted by Crippen LogP contribution is -2.42. The maximum absolute atomic E-state index is 13.0. The lowest BCUT2D eigenvalue weighted by molar-refractivity contribution is -0.0140. The molecular formula is C27H23NO6. The van der Waals surface area contributed by atoms with Crippen molar-refractivity contribution in [3.05, 3.63) is 120 Å². The van der Waals surface area contributed by atoms with Crippen LogP contribution in [0, 0.1) is 0 Å². The topological polar surface area (TPSA) is 82.1 Å². The molecule has 1 atom stereocenters. The minimum absolute atomic E-state index is 0.0731. The highest BCUT2D eigenvalue weighted by Crippen LogP contribution is 2.18. The zero-order chi connectivity index (χ0) is 23.8. The fourth-order valence-corrected chi connectivity index (χ4v) is 3.39. The monoisotopic (exact) mass is 457 g/mol. The van der Waals surface area contributed by atoms with E-state index in [1.165, 1.54) is 11.1 Å². The van der Waals surface area contributed by atoms with Crippen LogP contribution >= 0.6 is 0 Å². The van der Waals surface area contributed by atoms with Crippen molar-refractivity contribution in [1.82, 2.24) is 4.90 Å². The molecule has 0 aromatic heterocycles. The summed E-state index contributed by atoms with van der Waals surface area (Å²) in [6.45, 7) is -0.0718. The Labute approximate surface area is 197 Å². The number of carbonyl (C=O) groups is 3. The van der Waals surface area contributed by atoms with Crippen LogP contribution in [-0.4, -0.2) is 48.6 Å². The number of amides is 1. The molecule has 0 saturated heterocycles. The molecule has 1 heterocycles. The fourth-order valence-electron chi connectivity index (χ4n) is 3.39. The normalized spacial score (nSPS) is 15.0. The van der Waals surface area contributed by atoms with Gasteiger partial charge in [-0.25, -0.2) is 9.59 Å². The molecule has 1 unspecified atom stereocenters. The quantitative estimate of drug-likeness (QED) is 0.497. The molecule has 0 bridgehead atoms. The predicted octanol–water partition coefficient (Wildman–Crippen LogP) is 4.08. The summed E-state index contributed by atoms with van der Waals surface area (Å²) in [5.41, 5.74) is 1.33. The van der Waals surface area contributed by atoms with Gasteiger partial charge in [0.05, 0.1) is 17.7 Å². The lowest BCUT2D eigenvalue weighted by Gasteiger charge is -2.31. The minimum Gasteiger partial charge on any atom is -0.484 e. The number of hydrogen-bond donors (Lipinski definition) is 0. The Bertz CT molecular complexity index is 1160. The number of esters is 2. The molecule has 7 heteroatoms. The van der Waals surface area contributed by atoms with Gasteiger partial charge in [-0.1, -0.05) is 54.6 Å². The van der Waals surface area contributed by atoms with E-state index in [2.05, 4.69) is 0 Å². The number of nitrogens with zero attached hydrogens (tertiary/aromatic N) is 1. The van der Waals surface area contributed by atoms with Gasteiger partial charge >= 0.3 is 11.9 Å². The maximum atomic E-state index is 13.0. The molecule has 3 aromatic carbocycles. The molecule has 1 amide bonds. The first-order valence-corrected chi connectivity index (χ1v) is 10.8. The molecule has 0 aliphatic carbocycles. The van der Waals surface area contributed by atoms with Gasteiger partial charge < -0.3 is 19.1 Å². The Morgan fingerprint density at radius 1 is 0.735 bits per heavy atom. The van der Waals surface area contributed by atoms with E-state index >= 15 is 0 Å². The lowest BCUT2D eigenvalue weighted by atomic mass is 10.2. The molecule has 0 N–H and O–H groups in total. The van der Waals surface area contributed by atoms with E-state index in [-0.39, 0.29) is 31.4 Å². The molecule has 4 rings (SSSR count). The van der Waals surface area contributed by atoms with E-state index in [0.717, 1.165) is 0 Å². The summed E-state index contributed by atoms with van der Waals surface area (Å²) in [6, 6.07) is 26.0. The van der Waals surface area contributed by atoms with Gasteiger partial charge in [0.1, 0.15) is 6.61 Å². The molecular weight excluding hydrogens is 434 g/mol. The van der Waals surface area contributed by atoms with Crippen molar-refractivity contribution < 1.29 is 28.6 Å². The fraction of sp³-hybridized carbons (Fsp3) is 0.148. The second kappa shape index (κ2) is 11.0. The molecule has 172 valence electrons. The van der Waals surface area contributed by atoms with E-state index in [1.54, 1.807) is 78.9 Å². The van der Waals surface area contributed by atoms with Gasteiger partial charge in [-0.2, -0.15) is 0 Å². The van der Waals surface area contributed by atoms with Crippen LogP contribution in [0.15, 0.2) is 103 Å². The number of ether oxygens (including phenoxy) is 3. The SMILES string of the molecule is O=C(OCC1=CN(C(=O)c2ccccc2)CC(COC(=O)c2ccccc2)O1)c1ccccc1. The average molecular weight is 457 g/mol. The van der Waals surface area contributed by atoms with Crippen LogP contribution in [0.3, 0.4) is 0 Å². The van der Waals surface area contributed by atoms with Gasteiger partial charge in [0.2, 0.25) is 0 Å². The van der Waals surface area contributed by atoms with Crippen LogP contribution in [0.25, 0.3) is 0 Å². The molecule has 34 heavy (non-hydrogen) atoms. The van der Waals surface area contributed by atoms with Crippen molar-refractivity contribution in [2.75, 3.05) is 19.8 Å². The molecule has 0 spiro atoms. The van der Waals surface area contributed by atoms with Crippen LogP contribution in [0.2, 0.25) is 0 Å². The van der Waals surface area contributed by atoms with Gasteiger partial charge in [-0.05, 0) is 36.4 Å². The Balaban J connectivity index is 1.45. The van der Waals surface area contributed by atoms with Gasteiger partial charge in [0.25, 0.3) is 5.91 Å². The predicted molar refractivity (Wildman–Crippen MR) is 124 cm³/mol. The summed E-state index contributed by atoms with van der Waals surface area (Å²) in [5, 5.41) is 0. The highest BCUT2D eigenvalue weighted by atomic mass is 16.6. The van der Waals surface area contributed by atoms with Crippen LogP contribution in [-0.2, 0) is 14.2 Å². The number of hydrogen-bond acceptors (Lipinski definition) is 6. The summed E-state index contributed by atoms with van der Waals surface area (Å²) in [4.78, 5) is 39.2. The third kappa shape index (κ3) is 5.89. The molecule has 0 saturated carbocycles. The Morgan fingerprint density at radius 2 is 1.24 bits per heavy atom. The molecule has 0 radical (unpaired) electrons. The first kappa shape index (κ1) is 22.8. The largest absolute Gasteiger partial charge is 0.484 e. The van der Waals surface area contributed by atoms with Crippen molar-refractivity contribution in [3.63, 3.8) is 0 Å². The van der Waals surface area contributed by atoms with Gasteiger partial charge in [0, 0.05) is 11.8 Å². The molecule has 7 nitrogen and oxygen atoms in total. The summed E-state index contributed by atoms with van der Waals surface area (Å²) < 4.78 is 16.7. The first-order chi connectivity index (χ1) is 16.6. The second-order valence-electron chi connectivity index (χ2n) is 7.57. The highest BCUT2D eigenvalue weighted by Gasteiger charge is 2.28. The van der Waals surface area contributed by atoms with Crippen molar-refractivity contribution in [2.24, 2.45) is 0 Å². The van der Waals surface area contributed by atoms with Crippen molar-refractivity contribution in [3.8, 4) is 0 Å². The standard InChI is InChI=1S/C27H23NO6/c29-25(20-10-4-1-5-11-20)28-16-23(18-32-26(30)21-12-6-2-7-13-21)34-24(17-28)19-33-27(31)22-14-8-3-9-15-22/h1-16,24H,17-19H2. The van der Waals surface area contributed by atoms with E-state index < -0.39 is 18.0 Å². The van der Waals surface area contributed by atoms with E-state index in [0.29, 0.717) is 16.7 Å². The summed E-state index contributed by atoms with van der Waals surface area (Å²) in [7, 11) is 0. The molecule has 0 fully saturated rings. The number of rotatable bonds is 7. The third-order valence-corrected chi connectivity index (χ3v) is 5.06. The summed E-state index contributed by atoms with van der Waals surface area (Å²) >= 11 is 0. The second-order valence-corrected chi connectivity index (χ2v) is 7.57. The maximum Gasteiger partial charge on any atom is 0.338 e. The van der Waals surface area contributed by atoms with Crippen molar-refractivity contribution >= 4 is 17.8 Å².